The minimum Gasteiger partial charge on any atom is -0.444 e. The average molecular weight is 535 g/mol. The summed E-state index contributed by atoms with van der Waals surface area (Å²) in [5, 5.41) is 12.5. The molecule has 36 heavy (non-hydrogen) atoms. The Bertz CT molecular complexity index is 1120. The highest BCUT2D eigenvalue weighted by Gasteiger charge is 2.37. The number of rotatable bonds is 5. The lowest BCUT2D eigenvalue weighted by Gasteiger charge is -2.44. The van der Waals surface area contributed by atoms with Gasteiger partial charge in [-0.2, -0.15) is 5.10 Å². The van der Waals surface area contributed by atoms with Gasteiger partial charge in [0, 0.05) is 25.7 Å². The number of nitrogens with one attached hydrogen (secondary N) is 3. The van der Waals surface area contributed by atoms with E-state index in [0.29, 0.717) is 31.8 Å². The zero-order valence-corrected chi connectivity index (χ0v) is 21.1. The molecule has 4 fully saturated rings. The number of carbonyl (C=O) groups excluding carboxylic acids is 3. The van der Waals surface area contributed by atoms with Crippen LogP contribution in [0.2, 0.25) is 10.0 Å². The van der Waals surface area contributed by atoms with Crippen LogP contribution in [0.3, 0.4) is 0 Å². The molecule has 192 valence electrons. The Morgan fingerprint density at radius 3 is 2.33 bits per heavy atom. The number of aromatic amines is 1. The lowest BCUT2D eigenvalue weighted by molar-refractivity contribution is -0.0451. The smallest absolute Gasteiger partial charge is 0.410 e. The van der Waals surface area contributed by atoms with Crippen molar-refractivity contribution in [1.29, 1.82) is 0 Å². The molecule has 5 heterocycles. The van der Waals surface area contributed by atoms with Gasteiger partial charge < -0.3 is 20.3 Å². The van der Waals surface area contributed by atoms with Crippen molar-refractivity contribution in [1.82, 2.24) is 25.3 Å². The molecule has 2 aromatic rings. The first kappa shape index (κ1) is 24.9. The Balaban J connectivity index is 1.12. The van der Waals surface area contributed by atoms with E-state index >= 15 is 0 Å². The number of ether oxygens (including phenoxy) is 1. The summed E-state index contributed by atoms with van der Waals surface area (Å²) in [6, 6.07) is 4.64. The largest absolute Gasteiger partial charge is 0.444 e. The summed E-state index contributed by atoms with van der Waals surface area (Å²) in [4.78, 5) is 42.4. The third-order valence-electron chi connectivity index (χ3n) is 7.24. The first-order chi connectivity index (χ1) is 17.4. The van der Waals surface area contributed by atoms with Crippen molar-refractivity contribution in [3.05, 3.63) is 45.7 Å². The molecule has 0 spiro atoms. The topological polar surface area (TPSA) is 120 Å². The Morgan fingerprint density at radius 1 is 1.00 bits per heavy atom. The molecule has 1 aromatic heterocycles. The molecule has 3 N–H and O–H groups in total. The highest BCUT2D eigenvalue weighted by Crippen LogP contribution is 2.30. The van der Waals surface area contributed by atoms with Crippen LogP contribution in [0.25, 0.3) is 0 Å². The van der Waals surface area contributed by atoms with E-state index in [1.807, 2.05) is 0 Å². The third kappa shape index (κ3) is 5.30. The van der Waals surface area contributed by atoms with Crippen LogP contribution in [-0.2, 0) is 4.74 Å². The van der Waals surface area contributed by atoms with Gasteiger partial charge in [0.2, 0.25) is 0 Å². The number of carbonyl (C=O) groups is 3. The molecular formula is C24H28Cl2N6O4. The number of aromatic nitrogens is 2. The Labute approximate surface area is 218 Å². The second kappa shape index (κ2) is 10.7. The van der Waals surface area contributed by atoms with Gasteiger partial charge in [-0.1, -0.05) is 29.3 Å². The van der Waals surface area contributed by atoms with Gasteiger partial charge in [-0.05, 0) is 56.8 Å². The predicted octanol–water partition coefficient (Wildman–Crippen LogP) is 3.39. The third-order valence-corrected chi connectivity index (χ3v) is 7.87. The Kier molecular flexibility index (Phi) is 7.36. The van der Waals surface area contributed by atoms with Gasteiger partial charge >= 0.3 is 6.09 Å². The van der Waals surface area contributed by atoms with E-state index in [4.69, 9.17) is 27.9 Å². The van der Waals surface area contributed by atoms with Crippen LogP contribution in [0.4, 0.5) is 10.5 Å². The number of fused-ring (bicyclic) bond motifs is 3. The summed E-state index contributed by atoms with van der Waals surface area (Å²) < 4.78 is 5.83. The van der Waals surface area contributed by atoms with Crippen molar-refractivity contribution in [2.75, 3.05) is 38.0 Å². The number of anilines is 1. The van der Waals surface area contributed by atoms with E-state index in [-0.39, 0.29) is 45.2 Å². The van der Waals surface area contributed by atoms with Gasteiger partial charge in [-0.25, -0.2) is 4.79 Å². The Hall–Kier alpha value is -2.82. The molecule has 12 heteroatoms. The predicted molar refractivity (Wildman–Crippen MR) is 134 cm³/mol. The number of H-pyrrole nitrogens is 1. The molecule has 4 aliphatic rings. The molecule has 0 saturated carbocycles. The standard InChI is InChI=1S/C24H28Cl2N6O4/c25-16-2-1-3-17(26)20(16)22(33)29-18-12-27-30-21(18)23(34)28-15-6-10-32(11-7-15)24(35)36-19-13-31-8-4-14(19)5-9-31/h1-3,12,14-15,19H,4-11,13H2,(H,27,30)(H,28,34)(H,29,33)/t19-/m0/s1. The summed E-state index contributed by atoms with van der Waals surface area (Å²) in [5.74, 6) is -0.481. The van der Waals surface area contributed by atoms with Crippen LogP contribution >= 0.6 is 23.2 Å². The second-order valence-corrected chi connectivity index (χ2v) is 10.3. The number of amides is 3. The number of nitrogens with zero attached hydrogens (tertiary/aromatic N) is 3. The number of hydrogen-bond acceptors (Lipinski definition) is 6. The molecule has 3 amide bonds. The lowest BCUT2D eigenvalue weighted by atomic mass is 9.86. The number of likely N-dealkylation sites (tertiary alicyclic amines) is 1. The minimum atomic E-state index is -0.546. The minimum absolute atomic E-state index is 0.0212. The second-order valence-electron chi connectivity index (χ2n) is 9.50. The maximum atomic E-state index is 12.9. The van der Waals surface area contributed by atoms with Gasteiger partial charge in [0.25, 0.3) is 11.8 Å². The summed E-state index contributed by atoms with van der Waals surface area (Å²) in [6.45, 7) is 4.03. The van der Waals surface area contributed by atoms with Crippen LogP contribution in [-0.4, -0.2) is 82.8 Å². The summed E-state index contributed by atoms with van der Waals surface area (Å²) in [5.41, 5.74) is 0.452. The van der Waals surface area contributed by atoms with Crippen LogP contribution in [0.5, 0.6) is 0 Å². The molecule has 4 saturated heterocycles. The normalized spacial score (nSPS) is 23.8. The summed E-state index contributed by atoms with van der Waals surface area (Å²) >= 11 is 12.2. The van der Waals surface area contributed by atoms with E-state index in [9.17, 15) is 14.4 Å². The van der Waals surface area contributed by atoms with E-state index < -0.39 is 11.8 Å². The van der Waals surface area contributed by atoms with Crippen molar-refractivity contribution in [2.24, 2.45) is 5.92 Å². The summed E-state index contributed by atoms with van der Waals surface area (Å²) in [7, 11) is 0. The highest BCUT2D eigenvalue weighted by atomic mass is 35.5. The fraction of sp³-hybridized carbons (Fsp3) is 0.500. The van der Waals surface area contributed by atoms with Crippen LogP contribution in [0.1, 0.15) is 46.5 Å². The van der Waals surface area contributed by atoms with Gasteiger partial charge in [-0.15, -0.1) is 0 Å². The molecule has 1 aromatic carbocycles. The van der Waals surface area contributed by atoms with Crippen molar-refractivity contribution in [3.63, 3.8) is 0 Å². The number of piperidine rings is 4. The molecular weight excluding hydrogens is 507 g/mol. The average Bonchev–Trinajstić information content (AvgIpc) is 3.33. The molecule has 10 nitrogen and oxygen atoms in total. The first-order valence-corrected chi connectivity index (χ1v) is 12.9. The van der Waals surface area contributed by atoms with Crippen LogP contribution in [0, 0.1) is 5.92 Å². The molecule has 4 aliphatic heterocycles. The van der Waals surface area contributed by atoms with Crippen molar-refractivity contribution in [2.45, 2.75) is 37.8 Å². The van der Waals surface area contributed by atoms with Crippen molar-refractivity contribution in [3.8, 4) is 0 Å². The quantitative estimate of drug-likeness (QED) is 0.540. The van der Waals surface area contributed by atoms with E-state index in [2.05, 4.69) is 25.7 Å². The fourth-order valence-electron chi connectivity index (χ4n) is 5.17. The number of hydrogen-bond donors (Lipinski definition) is 3. The zero-order valence-electron chi connectivity index (χ0n) is 19.6. The number of benzene rings is 1. The van der Waals surface area contributed by atoms with Gasteiger partial charge in [0.1, 0.15) is 11.8 Å². The molecule has 0 unspecified atom stereocenters. The van der Waals surface area contributed by atoms with Crippen LogP contribution < -0.4 is 10.6 Å². The number of halogens is 2. The molecule has 0 radical (unpaired) electrons. The van der Waals surface area contributed by atoms with Crippen LogP contribution in [0.15, 0.2) is 24.4 Å². The van der Waals surface area contributed by atoms with E-state index in [1.54, 1.807) is 23.1 Å². The monoisotopic (exact) mass is 534 g/mol. The molecule has 0 aliphatic carbocycles. The van der Waals surface area contributed by atoms with Gasteiger partial charge in [0.05, 0.1) is 27.5 Å². The van der Waals surface area contributed by atoms with Gasteiger partial charge in [0.15, 0.2) is 0 Å². The van der Waals surface area contributed by atoms with E-state index in [1.165, 1.54) is 6.20 Å². The molecule has 6 rings (SSSR count). The molecule has 2 bridgehead atoms. The lowest BCUT2D eigenvalue weighted by Crippen LogP contribution is -2.54. The first-order valence-electron chi connectivity index (χ1n) is 12.2. The van der Waals surface area contributed by atoms with Gasteiger partial charge in [-0.3, -0.25) is 19.6 Å². The zero-order chi connectivity index (χ0) is 25.2. The fourth-order valence-corrected chi connectivity index (χ4v) is 5.73. The van der Waals surface area contributed by atoms with Crippen molar-refractivity contribution >= 4 is 46.8 Å². The highest BCUT2D eigenvalue weighted by molar-refractivity contribution is 6.40. The maximum Gasteiger partial charge on any atom is 0.410 e. The van der Waals surface area contributed by atoms with Crippen molar-refractivity contribution < 1.29 is 19.1 Å². The van der Waals surface area contributed by atoms with E-state index in [0.717, 1.165) is 32.5 Å². The Morgan fingerprint density at radius 2 is 1.69 bits per heavy atom. The summed E-state index contributed by atoms with van der Waals surface area (Å²) in [6.07, 6.45) is 4.45. The maximum absolute atomic E-state index is 12.9. The molecule has 1 atom stereocenters. The SMILES string of the molecule is O=C(NC1CCN(C(=O)O[C@H]2CN3CCC2CC3)CC1)c1[nH]ncc1NC(=O)c1c(Cl)cccc1Cl.